The Balaban J connectivity index is 3.00. The van der Waals surface area contributed by atoms with Crippen LogP contribution in [-0.4, -0.2) is 8.42 Å². The summed E-state index contributed by atoms with van der Waals surface area (Å²) in [5.74, 6) is -0.484. The van der Waals surface area contributed by atoms with E-state index in [1.807, 2.05) is 0 Å². The fourth-order valence-corrected chi connectivity index (χ4v) is 1.11. The van der Waals surface area contributed by atoms with Crippen molar-refractivity contribution in [3.8, 4) is 0 Å². The fourth-order valence-electron chi connectivity index (χ4n) is 0.778. The molecule has 0 aliphatic heterocycles. The first kappa shape index (κ1) is 9.88. The highest BCUT2D eigenvalue weighted by Crippen LogP contribution is 2.08. The third-order valence-corrected chi connectivity index (χ3v) is 1.86. The van der Waals surface area contributed by atoms with E-state index >= 15 is 0 Å². The summed E-state index contributed by atoms with van der Waals surface area (Å²) in [5, 5.41) is 5.45. The van der Waals surface area contributed by atoms with E-state index in [0.717, 1.165) is 11.5 Å². The lowest BCUT2D eigenvalue weighted by molar-refractivity contribution is 0.606. The molecule has 0 saturated heterocycles. The number of halogens is 1. The molecule has 13 heavy (non-hydrogen) atoms. The number of primary sulfonamides is 1. The Morgan fingerprint density at radius 2 is 1.92 bits per heavy atom. The van der Waals surface area contributed by atoms with Crippen molar-refractivity contribution in [3.05, 3.63) is 41.1 Å². The first-order valence-corrected chi connectivity index (χ1v) is 5.05. The van der Waals surface area contributed by atoms with Gasteiger partial charge in [0.2, 0.25) is 10.0 Å². The molecule has 1 aromatic carbocycles. The Hall–Kier alpha value is -1.20. The average Bonchev–Trinajstić information content (AvgIpc) is 2.01. The van der Waals surface area contributed by atoms with Gasteiger partial charge >= 0.3 is 0 Å². The standard InChI is InChI=1S/C8H8FNO2S/c9-8-4-2-1-3-7(8)5-6-13(10,11)12/h1-6H,(H2,10,11,12). The zero-order valence-corrected chi connectivity index (χ0v) is 7.46. The van der Waals surface area contributed by atoms with E-state index in [1.165, 1.54) is 18.2 Å². The first-order valence-electron chi connectivity index (χ1n) is 3.44. The predicted octanol–water partition coefficient (Wildman–Crippen LogP) is 1.08. The second-order valence-electron chi connectivity index (χ2n) is 2.41. The monoisotopic (exact) mass is 201 g/mol. The van der Waals surface area contributed by atoms with Gasteiger partial charge in [-0.05, 0) is 12.1 Å². The number of rotatable bonds is 2. The van der Waals surface area contributed by atoms with Gasteiger partial charge in [0.1, 0.15) is 5.82 Å². The zero-order valence-electron chi connectivity index (χ0n) is 6.64. The van der Waals surface area contributed by atoms with Gasteiger partial charge in [0.25, 0.3) is 0 Å². The molecule has 0 unspecified atom stereocenters. The third kappa shape index (κ3) is 3.35. The molecule has 0 heterocycles. The quantitative estimate of drug-likeness (QED) is 0.778. The first-order chi connectivity index (χ1) is 5.99. The molecule has 2 N–H and O–H groups in total. The molecule has 0 bridgehead atoms. The molecule has 0 radical (unpaired) electrons. The molecule has 0 saturated carbocycles. The van der Waals surface area contributed by atoms with Gasteiger partial charge in [-0.2, -0.15) is 0 Å². The molecule has 0 amide bonds. The molecule has 0 aliphatic carbocycles. The largest absolute Gasteiger partial charge is 0.231 e. The van der Waals surface area contributed by atoms with Gasteiger partial charge in [-0.1, -0.05) is 18.2 Å². The van der Waals surface area contributed by atoms with Crippen LogP contribution in [0.15, 0.2) is 29.7 Å². The minimum absolute atomic E-state index is 0.191. The van der Waals surface area contributed by atoms with Crippen molar-refractivity contribution < 1.29 is 12.8 Å². The maximum atomic E-state index is 12.9. The van der Waals surface area contributed by atoms with Crippen LogP contribution in [0.25, 0.3) is 6.08 Å². The Kier molecular flexibility index (Phi) is 2.79. The Bertz CT molecular complexity index is 426. The number of hydrogen-bond acceptors (Lipinski definition) is 2. The maximum Gasteiger partial charge on any atom is 0.231 e. The van der Waals surface area contributed by atoms with E-state index in [1.54, 1.807) is 6.07 Å². The highest BCUT2D eigenvalue weighted by Gasteiger charge is 1.97. The second kappa shape index (κ2) is 3.68. The summed E-state index contributed by atoms with van der Waals surface area (Å²) < 4.78 is 33.8. The summed E-state index contributed by atoms with van der Waals surface area (Å²) in [6.45, 7) is 0. The van der Waals surface area contributed by atoms with Gasteiger partial charge in [0, 0.05) is 11.0 Å². The predicted molar refractivity (Wildman–Crippen MR) is 48.5 cm³/mol. The molecule has 5 heteroatoms. The van der Waals surface area contributed by atoms with E-state index in [-0.39, 0.29) is 5.56 Å². The van der Waals surface area contributed by atoms with E-state index in [0.29, 0.717) is 0 Å². The summed E-state index contributed by atoms with van der Waals surface area (Å²) in [6.07, 6.45) is 1.12. The number of hydrogen-bond donors (Lipinski definition) is 1. The van der Waals surface area contributed by atoms with Gasteiger partial charge in [-0.3, -0.25) is 0 Å². The molecule has 70 valence electrons. The summed E-state index contributed by atoms with van der Waals surface area (Å²) in [5.41, 5.74) is 0.191. The minimum Gasteiger partial charge on any atom is -0.225 e. The summed E-state index contributed by atoms with van der Waals surface area (Å²) in [4.78, 5) is 0. The lowest BCUT2D eigenvalue weighted by Gasteiger charge is -1.93. The van der Waals surface area contributed by atoms with Crippen molar-refractivity contribution in [2.45, 2.75) is 0 Å². The lowest BCUT2D eigenvalue weighted by Crippen LogP contribution is -2.06. The summed E-state index contributed by atoms with van der Waals surface area (Å²) >= 11 is 0. The topological polar surface area (TPSA) is 60.2 Å². The Morgan fingerprint density at radius 1 is 1.31 bits per heavy atom. The van der Waals surface area contributed by atoms with Gasteiger partial charge < -0.3 is 0 Å². The smallest absolute Gasteiger partial charge is 0.225 e. The normalized spacial score (nSPS) is 12.2. The van der Waals surface area contributed by atoms with Crippen molar-refractivity contribution in [2.24, 2.45) is 5.14 Å². The second-order valence-corrected chi connectivity index (χ2v) is 3.86. The van der Waals surface area contributed by atoms with Crippen LogP contribution in [0.3, 0.4) is 0 Å². The fraction of sp³-hybridized carbons (Fsp3) is 0. The molecule has 0 atom stereocenters. The number of benzene rings is 1. The molecule has 3 nitrogen and oxygen atoms in total. The van der Waals surface area contributed by atoms with Crippen LogP contribution in [0.1, 0.15) is 5.56 Å². The van der Waals surface area contributed by atoms with Crippen molar-refractivity contribution in [3.63, 3.8) is 0 Å². The lowest BCUT2D eigenvalue weighted by atomic mass is 10.2. The highest BCUT2D eigenvalue weighted by atomic mass is 32.2. The van der Waals surface area contributed by atoms with Crippen LogP contribution in [0.4, 0.5) is 4.39 Å². The molecule has 1 aromatic rings. The van der Waals surface area contributed by atoms with Gasteiger partial charge in [0.15, 0.2) is 0 Å². The molecule has 0 spiro atoms. The molecular formula is C8H8FNO2S. The van der Waals surface area contributed by atoms with Gasteiger partial charge in [0.05, 0.1) is 0 Å². The van der Waals surface area contributed by atoms with Gasteiger partial charge in [-0.25, -0.2) is 17.9 Å². The van der Waals surface area contributed by atoms with E-state index in [9.17, 15) is 12.8 Å². The van der Waals surface area contributed by atoms with Crippen LogP contribution in [0.5, 0.6) is 0 Å². The number of nitrogens with two attached hydrogens (primary N) is 1. The molecule has 0 fully saturated rings. The highest BCUT2D eigenvalue weighted by molar-refractivity contribution is 7.92. The van der Waals surface area contributed by atoms with Gasteiger partial charge in [-0.15, -0.1) is 0 Å². The maximum absolute atomic E-state index is 12.9. The van der Waals surface area contributed by atoms with Crippen LogP contribution in [0.2, 0.25) is 0 Å². The Labute approximate surface area is 75.7 Å². The Morgan fingerprint density at radius 3 is 2.46 bits per heavy atom. The van der Waals surface area contributed by atoms with Crippen LogP contribution >= 0.6 is 0 Å². The zero-order chi connectivity index (χ0) is 9.90. The molecule has 0 aliphatic rings. The SMILES string of the molecule is NS(=O)(=O)C=Cc1ccccc1F. The molecular weight excluding hydrogens is 193 g/mol. The molecule has 1 rings (SSSR count). The van der Waals surface area contributed by atoms with Crippen LogP contribution < -0.4 is 5.14 Å². The summed E-state index contributed by atoms with van der Waals surface area (Å²) in [7, 11) is -3.69. The minimum atomic E-state index is -3.69. The van der Waals surface area contributed by atoms with Crippen molar-refractivity contribution in [1.29, 1.82) is 0 Å². The summed E-state index contributed by atoms with van der Waals surface area (Å²) in [6, 6.07) is 5.81. The van der Waals surface area contributed by atoms with E-state index < -0.39 is 15.8 Å². The van der Waals surface area contributed by atoms with Crippen molar-refractivity contribution >= 4 is 16.1 Å². The average molecular weight is 201 g/mol. The van der Waals surface area contributed by atoms with Crippen LogP contribution in [-0.2, 0) is 10.0 Å². The van der Waals surface area contributed by atoms with E-state index in [2.05, 4.69) is 0 Å². The van der Waals surface area contributed by atoms with Crippen molar-refractivity contribution in [2.75, 3.05) is 0 Å². The number of sulfonamides is 1. The molecule has 0 aromatic heterocycles. The third-order valence-electron chi connectivity index (χ3n) is 1.34. The van der Waals surface area contributed by atoms with E-state index in [4.69, 9.17) is 5.14 Å². The van der Waals surface area contributed by atoms with Crippen LogP contribution in [0, 0.1) is 5.82 Å². The van der Waals surface area contributed by atoms with Crippen molar-refractivity contribution in [1.82, 2.24) is 0 Å².